The monoisotopic (exact) mass is 526 g/mol. The fraction of sp³-hybridized carbons (Fsp3) is 0.455. The van der Waals surface area contributed by atoms with Gasteiger partial charge in [-0.2, -0.15) is 0 Å². The first-order valence-corrected chi connectivity index (χ1v) is 9.95. The summed E-state index contributed by atoms with van der Waals surface area (Å²) in [5, 5.41) is 6.67. The van der Waals surface area contributed by atoms with Crippen molar-refractivity contribution in [2.24, 2.45) is 10.9 Å². The highest BCUT2D eigenvalue weighted by atomic mass is 127. The van der Waals surface area contributed by atoms with Gasteiger partial charge in [0.1, 0.15) is 0 Å². The molecule has 0 atom stereocenters. The summed E-state index contributed by atoms with van der Waals surface area (Å²) < 4.78 is 16.4. The SMILES string of the molecule is CN=C(NCCc1ccc(OC)c(OC)c1)NCc1ccnc(OCC2CC2)c1.I. The van der Waals surface area contributed by atoms with Crippen molar-refractivity contribution in [1.82, 2.24) is 15.6 Å². The molecule has 2 aromatic rings. The summed E-state index contributed by atoms with van der Waals surface area (Å²) >= 11 is 0. The molecule has 1 fully saturated rings. The number of nitrogens with zero attached hydrogens (tertiary/aromatic N) is 2. The second kappa shape index (κ2) is 12.5. The molecule has 8 heteroatoms. The second-order valence-electron chi connectivity index (χ2n) is 7.05. The average Bonchev–Trinajstić information content (AvgIpc) is 3.59. The van der Waals surface area contributed by atoms with Gasteiger partial charge in [-0.25, -0.2) is 4.98 Å². The third-order valence-corrected chi connectivity index (χ3v) is 4.80. The standard InChI is InChI=1S/C22H30N4O3.HI/c1-23-22(25-11-8-16-6-7-19(27-2)20(12-16)28-3)26-14-18-9-10-24-21(13-18)29-15-17-4-5-17;/h6-7,9-10,12-13,17H,4-5,8,11,14-15H2,1-3H3,(H2,23,25,26);1H. The molecule has 1 aromatic carbocycles. The van der Waals surface area contributed by atoms with Crippen LogP contribution in [0.4, 0.5) is 0 Å². The molecule has 7 nitrogen and oxygen atoms in total. The van der Waals surface area contributed by atoms with E-state index in [9.17, 15) is 0 Å². The lowest BCUT2D eigenvalue weighted by Crippen LogP contribution is -2.37. The average molecular weight is 526 g/mol. The molecule has 1 aliphatic rings. The van der Waals surface area contributed by atoms with E-state index in [0.29, 0.717) is 18.3 Å². The van der Waals surface area contributed by atoms with Crippen LogP contribution in [0.5, 0.6) is 17.4 Å². The number of halogens is 1. The van der Waals surface area contributed by atoms with Crippen molar-refractivity contribution in [3.8, 4) is 17.4 Å². The Morgan fingerprint density at radius 1 is 1.07 bits per heavy atom. The third-order valence-electron chi connectivity index (χ3n) is 4.80. The van der Waals surface area contributed by atoms with E-state index in [4.69, 9.17) is 14.2 Å². The zero-order valence-electron chi connectivity index (χ0n) is 17.8. The van der Waals surface area contributed by atoms with Crippen LogP contribution >= 0.6 is 24.0 Å². The van der Waals surface area contributed by atoms with Crippen LogP contribution in [0.25, 0.3) is 0 Å². The van der Waals surface area contributed by atoms with Gasteiger partial charge in [-0.05, 0) is 54.5 Å². The van der Waals surface area contributed by atoms with E-state index >= 15 is 0 Å². The predicted molar refractivity (Wildman–Crippen MR) is 129 cm³/mol. The number of methoxy groups -OCH3 is 2. The first kappa shape index (κ1) is 24.0. The Bertz CT molecular complexity index is 828. The summed E-state index contributed by atoms with van der Waals surface area (Å²) in [5.74, 6) is 3.63. The smallest absolute Gasteiger partial charge is 0.213 e. The molecule has 1 aliphatic carbocycles. The number of rotatable bonds is 10. The number of ether oxygens (including phenoxy) is 3. The Hall–Kier alpha value is -2.23. The van der Waals surface area contributed by atoms with Crippen LogP contribution in [0.2, 0.25) is 0 Å². The van der Waals surface area contributed by atoms with Gasteiger partial charge in [0, 0.05) is 32.4 Å². The van der Waals surface area contributed by atoms with Gasteiger partial charge >= 0.3 is 0 Å². The maximum absolute atomic E-state index is 5.75. The molecule has 0 spiro atoms. The Kier molecular flexibility index (Phi) is 9.99. The molecule has 2 N–H and O–H groups in total. The normalized spacial score (nSPS) is 13.2. The highest BCUT2D eigenvalue weighted by Gasteiger charge is 2.22. The van der Waals surface area contributed by atoms with Crippen LogP contribution in [0.1, 0.15) is 24.0 Å². The van der Waals surface area contributed by atoms with E-state index < -0.39 is 0 Å². The van der Waals surface area contributed by atoms with Gasteiger partial charge < -0.3 is 24.8 Å². The Morgan fingerprint density at radius 3 is 2.57 bits per heavy atom. The minimum absolute atomic E-state index is 0. The first-order chi connectivity index (χ1) is 14.2. The second-order valence-corrected chi connectivity index (χ2v) is 7.05. The number of benzene rings is 1. The van der Waals surface area contributed by atoms with E-state index in [-0.39, 0.29) is 24.0 Å². The topological polar surface area (TPSA) is 77.0 Å². The van der Waals surface area contributed by atoms with Crippen LogP contribution in [-0.2, 0) is 13.0 Å². The van der Waals surface area contributed by atoms with Crippen LogP contribution in [0.3, 0.4) is 0 Å². The van der Waals surface area contributed by atoms with Gasteiger partial charge in [-0.3, -0.25) is 4.99 Å². The molecule has 0 aliphatic heterocycles. The molecule has 0 amide bonds. The first-order valence-electron chi connectivity index (χ1n) is 9.95. The van der Waals surface area contributed by atoms with Gasteiger partial charge in [0.25, 0.3) is 0 Å². The fourth-order valence-corrected chi connectivity index (χ4v) is 2.89. The summed E-state index contributed by atoms with van der Waals surface area (Å²) in [7, 11) is 5.05. The highest BCUT2D eigenvalue weighted by Crippen LogP contribution is 2.29. The van der Waals surface area contributed by atoms with E-state index in [0.717, 1.165) is 48.2 Å². The van der Waals surface area contributed by atoms with E-state index in [2.05, 4.69) is 20.6 Å². The third kappa shape index (κ3) is 7.55. The van der Waals surface area contributed by atoms with Crippen molar-refractivity contribution < 1.29 is 14.2 Å². The maximum Gasteiger partial charge on any atom is 0.213 e. The molecule has 1 heterocycles. The van der Waals surface area contributed by atoms with E-state index in [1.807, 2.05) is 30.3 Å². The number of guanidine groups is 1. The van der Waals surface area contributed by atoms with Gasteiger partial charge in [0.05, 0.1) is 20.8 Å². The molecule has 1 saturated carbocycles. The van der Waals surface area contributed by atoms with Crippen LogP contribution < -0.4 is 24.8 Å². The lowest BCUT2D eigenvalue weighted by Gasteiger charge is -2.13. The van der Waals surface area contributed by atoms with Crippen molar-refractivity contribution >= 4 is 29.9 Å². The minimum atomic E-state index is 0. The molecule has 0 unspecified atom stereocenters. The summed E-state index contributed by atoms with van der Waals surface area (Å²) in [6, 6.07) is 9.92. The van der Waals surface area contributed by atoms with Crippen molar-refractivity contribution in [2.75, 3.05) is 34.4 Å². The van der Waals surface area contributed by atoms with Crippen LogP contribution in [0, 0.1) is 5.92 Å². The van der Waals surface area contributed by atoms with Gasteiger partial charge in [-0.1, -0.05) is 6.07 Å². The van der Waals surface area contributed by atoms with E-state index in [1.54, 1.807) is 27.5 Å². The summed E-state index contributed by atoms with van der Waals surface area (Å²) in [6.07, 6.45) is 5.17. The zero-order valence-corrected chi connectivity index (χ0v) is 20.1. The maximum atomic E-state index is 5.75. The molecule has 164 valence electrons. The minimum Gasteiger partial charge on any atom is -0.493 e. The number of nitrogens with one attached hydrogen (secondary N) is 2. The molecule has 1 aromatic heterocycles. The van der Waals surface area contributed by atoms with Gasteiger partial charge in [0.15, 0.2) is 17.5 Å². The summed E-state index contributed by atoms with van der Waals surface area (Å²) in [5.41, 5.74) is 2.27. The lowest BCUT2D eigenvalue weighted by atomic mass is 10.1. The highest BCUT2D eigenvalue weighted by molar-refractivity contribution is 14.0. The Balaban J connectivity index is 0.00000320. The van der Waals surface area contributed by atoms with Crippen molar-refractivity contribution in [3.05, 3.63) is 47.7 Å². The zero-order chi connectivity index (χ0) is 20.5. The van der Waals surface area contributed by atoms with Crippen LogP contribution in [0.15, 0.2) is 41.5 Å². The summed E-state index contributed by atoms with van der Waals surface area (Å²) in [6.45, 7) is 2.17. The number of hydrogen-bond donors (Lipinski definition) is 2. The fourth-order valence-electron chi connectivity index (χ4n) is 2.89. The molecule has 3 rings (SSSR count). The van der Waals surface area contributed by atoms with Crippen molar-refractivity contribution in [3.63, 3.8) is 0 Å². The number of hydrogen-bond acceptors (Lipinski definition) is 5. The lowest BCUT2D eigenvalue weighted by molar-refractivity contribution is 0.288. The number of pyridine rings is 1. The molecular formula is C22H31IN4O3. The van der Waals surface area contributed by atoms with Crippen molar-refractivity contribution in [1.29, 1.82) is 0 Å². The Morgan fingerprint density at radius 2 is 1.87 bits per heavy atom. The molecule has 0 radical (unpaired) electrons. The quantitative estimate of drug-likeness (QED) is 0.281. The molecular weight excluding hydrogens is 495 g/mol. The number of aromatic nitrogens is 1. The van der Waals surface area contributed by atoms with E-state index in [1.165, 1.54) is 12.8 Å². The molecule has 0 saturated heterocycles. The van der Waals surface area contributed by atoms with Crippen LogP contribution in [-0.4, -0.2) is 45.4 Å². The molecule has 0 bridgehead atoms. The van der Waals surface area contributed by atoms with Crippen molar-refractivity contribution in [2.45, 2.75) is 25.8 Å². The van der Waals surface area contributed by atoms with Gasteiger partial charge in [0.2, 0.25) is 5.88 Å². The summed E-state index contributed by atoms with van der Waals surface area (Å²) in [4.78, 5) is 8.57. The van der Waals surface area contributed by atoms with Gasteiger partial charge in [-0.15, -0.1) is 24.0 Å². The number of aliphatic imine (C=N–C) groups is 1. The largest absolute Gasteiger partial charge is 0.493 e. The Labute approximate surface area is 195 Å². The molecule has 30 heavy (non-hydrogen) atoms. The predicted octanol–water partition coefficient (Wildman–Crippen LogP) is 3.41.